The molecule has 0 aromatic heterocycles. The Morgan fingerprint density at radius 2 is 1.81 bits per heavy atom. The number of ether oxygens (including phenoxy) is 3. The zero-order valence-electron chi connectivity index (χ0n) is 15.9. The lowest BCUT2D eigenvalue weighted by atomic mass is 10.2. The van der Waals surface area contributed by atoms with Crippen molar-refractivity contribution in [2.75, 3.05) is 13.7 Å². The molecule has 0 aliphatic heterocycles. The second-order valence-electron chi connectivity index (χ2n) is 6.11. The topological polar surface area (TPSA) is 73.9 Å². The maximum absolute atomic E-state index is 12.1. The second kappa shape index (κ2) is 10.2. The number of hydrogen-bond donors (Lipinski definition) is 1. The minimum absolute atomic E-state index is 0.0735. The van der Waals surface area contributed by atoms with Gasteiger partial charge in [0.05, 0.1) is 20.1 Å². The number of methoxy groups -OCH3 is 1. The third-order valence-corrected chi connectivity index (χ3v) is 3.87. The van der Waals surface area contributed by atoms with Crippen LogP contribution in [0.1, 0.15) is 24.5 Å². The van der Waals surface area contributed by atoms with Gasteiger partial charge in [-0.3, -0.25) is 9.59 Å². The maximum atomic E-state index is 12.1. The molecule has 6 nitrogen and oxygen atoms in total. The van der Waals surface area contributed by atoms with E-state index in [9.17, 15) is 9.59 Å². The first-order chi connectivity index (χ1) is 13.0. The molecule has 0 spiro atoms. The van der Waals surface area contributed by atoms with E-state index in [0.717, 1.165) is 16.9 Å². The Morgan fingerprint density at radius 1 is 1.07 bits per heavy atom. The normalized spacial score (nSPS) is 11.4. The van der Waals surface area contributed by atoms with Crippen LogP contribution in [0, 0.1) is 6.92 Å². The Labute approximate surface area is 159 Å². The Bertz CT molecular complexity index is 757. The fourth-order valence-corrected chi connectivity index (χ4v) is 2.34. The number of amides is 1. The van der Waals surface area contributed by atoms with E-state index in [4.69, 9.17) is 14.2 Å². The summed E-state index contributed by atoms with van der Waals surface area (Å²) in [6.07, 6.45) is -0.793. The van der Waals surface area contributed by atoms with Crippen LogP contribution in [0.3, 0.4) is 0 Å². The van der Waals surface area contributed by atoms with Gasteiger partial charge in [0, 0.05) is 6.54 Å². The van der Waals surface area contributed by atoms with Crippen LogP contribution in [-0.2, 0) is 20.9 Å². The molecule has 1 N–H and O–H groups in total. The summed E-state index contributed by atoms with van der Waals surface area (Å²) in [6.45, 7) is 4.06. The molecule has 1 amide bonds. The minimum Gasteiger partial charge on any atom is -0.497 e. The molecule has 0 heterocycles. The number of nitrogens with one attached hydrogen (secondary N) is 1. The molecule has 0 saturated carbocycles. The van der Waals surface area contributed by atoms with E-state index in [-0.39, 0.29) is 18.9 Å². The average molecular weight is 371 g/mol. The molecule has 144 valence electrons. The van der Waals surface area contributed by atoms with Crippen molar-refractivity contribution in [1.29, 1.82) is 0 Å². The van der Waals surface area contributed by atoms with Crippen molar-refractivity contribution in [1.82, 2.24) is 5.32 Å². The van der Waals surface area contributed by atoms with E-state index in [2.05, 4.69) is 5.32 Å². The number of rotatable bonds is 9. The molecule has 2 rings (SSSR count). The molecule has 0 fully saturated rings. The summed E-state index contributed by atoms with van der Waals surface area (Å²) in [5.74, 6) is 0.627. The first-order valence-electron chi connectivity index (χ1n) is 8.77. The predicted molar refractivity (Wildman–Crippen MR) is 102 cm³/mol. The number of hydrogen-bond acceptors (Lipinski definition) is 5. The SMILES string of the molecule is COc1ccc(CNC(=O)[C@H](C)OC(=O)CCOc2cccc(C)c2)cc1. The Hall–Kier alpha value is -3.02. The van der Waals surface area contributed by atoms with Gasteiger partial charge in [-0.2, -0.15) is 0 Å². The molecular weight excluding hydrogens is 346 g/mol. The zero-order chi connectivity index (χ0) is 19.6. The van der Waals surface area contributed by atoms with Gasteiger partial charge in [0.1, 0.15) is 11.5 Å². The van der Waals surface area contributed by atoms with Gasteiger partial charge in [-0.15, -0.1) is 0 Å². The third-order valence-electron chi connectivity index (χ3n) is 3.87. The van der Waals surface area contributed by atoms with E-state index in [1.165, 1.54) is 0 Å². The zero-order valence-corrected chi connectivity index (χ0v) is 15.9. The lowest BCUT2D eigenvalue weighted by Crippen LogP contribution is -2.35. The van der Waals surface area contributed by atoms with Crippen molar-refractivity contribution in [3.63, 3.8) is 0 Å². The van der Waals surface area contributed by atoms with Crippen molar-refractivity contribution in [2.45, 2.75) is 32.9 Å². The molecule has 1 atom stereocenters. The highest BCUT2D eigenvalue weighted by Crippen LogP contribution is 2.13. The molecule has 27 heavy (non-hydrogen) atoms. The average Bonchev–Trinajstić information content (AvgIpc) is 2.66. The molecular formula is C21H25NO5. The van der Waals surface area contributed by atoms with E-state index < -0.39 is 12.1 Å². The minimum atomic E-state index is -0.866. The van der Waals surface area contributed by atoms with Crippen LogP contribution in [0.2, 0.25) is 0 Å². The molecule has 6 heteroatoms. The first kappa shape index (κ1) is 20.3. The standard InChI is InChI=1S/C21H25NO5/c1-15-5-4-6-19(13-15)26-12-11-20(23)27-16(2)21(24)22-14-17-7-9-18(25-3)10-8-17/h4-10,13,16H,11-12,14H2,1-3H3,(H,22,24)/t16-/m0/s1. The fraction of sp³-hybridized carbons (Fsp3) is 0.333. The molecule has 0 unspecified atom stereocenters. The van der Waals surface area contributed by atoms with Crippen molar-refractivity contribution in [3.8, 4) is 11.5 Å². The Morgan fingerprint density at radius 3 is 2.48 bits per heavy atom. The van der Waals surface area contributed by atoms with Gasteiger partial charge in [0.15, 0.2) is 6.10 Å². The number of aryl methyl sites for hydroxylation is 1. The summed E-state index contributed by atoms with van der Waals surface area (Å²) in [6, 6.07) is 14.9. The van der Waals surface area contributed by atoms with Gasteiger partial charge in [0.2, 0.25) is 0 Å². The Kier molecular flexibility index (Phi) is 7.67. The van der Waals surface area contributed by atoms with E-state index in [0.29, 0.717) is 12.3 Å². The molecule has 0 radical (unpaired) electrons. The largest absolute Gasteiger partial charge is 0.497 e. The molecule has 0 aliphatic carbocycles. The molecule has 0 aliphatic rings. The van der Waals surface area contributed by atoms with Crippen LogP contribution in [0.25, 0.3) is 0 Å². The van der Waals surface area contributed by atoms with Gasteiger partial charge in [-0.1, -0.05) is 24.3 Å². The highest BCUT2D eigenvalue weighted by molar-refractivity contribution is 5.83. The van der Waals surface area contributed by atoms with Crippen LogP contribution in [0.5, 0.6) is 11.5 Å². The van der Waals surface area contributed by atoms with Crippen LogP contribution < -0.4 is 14.8 Å². The van der Waals surface area contributed by atoms with E-state index in [1.54, 1.807) is 14.0 Å². The summed E-state index contributed by atoms with van der Waals surface area (Å²) in [4.78, 5) is 23.9. The lowest BCUT2D eigenvalue weighted by Gasteiger charge is -2.14. The quantitative estimate of drug-likeness (QED) is 0.686. The van der Waals surface area contributed by atoms with Crippen LogP contribution >= 0.6 is 0 Å². The van der Waals surface area contributed by atoms with Gasteiger partial charge >= 0.3 is 5.97 Å². The number of carbonyl (C=O) groups is 2. The summed E-state index contributed by atoms with van der Waals surface area (Å²) >= 11 is 0. The molecule has 0 saturated heterocycles. The summed E-state index contributed by atoms with van der Waals surface area (Å²) in [5, 5.41) is 2.74. The van der Waals surface area contributed by atoms with Crippen molar-refractivity contribution in [3.05, 3.63) is 59.7 Å². The lowest BCUT2D eigenvalue weighted by molar-refractivity contribution is -0.155. The van der Waals surface area contributed by atoms with Crippen molar-refractivity contribution < 1.29 is 23.8 Å². The number of carbonyl (C=O) groups excluding carboxylic acids is 2. The van der Waals surface area contributed by atoms with E-state index in [1.807, 2.05) is 55.5 Å². The highest BCUT2D eigenvalue weighted by atomic mass is 16.5. The predicted octanol–water partition coefficient (Wildman–Crippen LogP) is 3.02. The monoisotopic (exact) mass is 371 g/mol. The van der Waals surface area contributed by atoms with Gasteiger partial charge in [-0.25, -0.2) is 0 Å². The van der Waals surface area contributed by atoms with Gasteiger partial charge < -0.3 is 19.5 Å². The van der Waals surface area contributed by atoms with Crippen LogP contribution in [0.4, 0.5) is 0 Å². The van der Waals surface area contributed by atoms with Crippen molar-refractivity contribution >= 4 is 11.9 Å². The maximum Gasteiger partial charge on any atom is 0.310 e. The van der Waals surface area contributed by atoms with Crippen LogP contribution in [0.15, 0.2) is 48.5 Å². The van der Waals surface area contributed by atoms with Gasteiger partial charge in [-0.05, 0) is 49.2 Å². The summed E-state index contributed by atoms with van der Waals surface area (Å²) < 4.78 is 15.7. The van der Waals surface area contributed by atoms with E-state index >= 15 is 0 Å². The van der Waals surface area contributed by atoms with Gasteiger partial charge in [0.25, 0.3) is 5.91 Å². The fourth-order valence-electron chi connectivity index (χ4n) is 2.34. The summed E-state index contributed by atoms with van der Waals surface area (Å²) in [5.41, 5.74) is 2.01. The highest BCUT2D eigenvalue weighted by Gasteiger charge is 2.17. The Balaban J connectivity index is 1.68. The smallest absolute Gasteiger partial charge is 0.310 e. The number of benzene rings is 2. The second-order valence-corrected chi connectivity index (χ2v) is 6.11. The third kappa shape index (κ3) is 7.01. The molecule has 2 aromatic carbocycles. The summed E-state index contributed by atoms with van der Waals surface area (Å²) in [7, 11) is 1.60. The number of esters is 1. The first-order valence-corrected chi connectivity index (χ1v) is 8.77. The molecule has 2 aromatic rings. The van der Waals surface area contributed by atoms with Crippen molar-refractivity contribution in [2.24, 2.45) is 0 Å². The van der Waals surface area contributed by atoms with Crippen LogP contribution in [-0.4, -0.2) is 31.7 Å². The molecule has 0 bridgehead atoms.